The Morgan fingerprint density at radius 1 is 1.08 bits per heavy atom. The molecule has 2 aromatic carbocycles. The van der Waals surface area contributed by atoms with Gasteiger partial charge in [0.25, 0.3) is 10.0 Å². The molecule has 0 radical (unpaired) electrons. The maximum Gasteiger partial charge on any atom is 0.262 e. The first-order chi connectivity index (χ1) is 11.0. The quantitative estimate of drug-likeness (QED) is 0.891. The fourth-order valence-corrected chi connectivity index (χ4v) is 3.62. The lowest BCUT2D eigenvalue weighted by Crippen LogP contribution is -2.18. The Morgan fingerprint density at radius 3 is 2.33 bits per heavy atom. The minimum atomic E-state index is -3.77. The van der Waals surface area contributed by atoms with Crippen LogP contribution in [0.15, 0.2) is 47.4 Å². The summed E-state index contributed by atoms with van der Waals surface area (Å²) in [4.78, 5) is 11.5. The molecule has 6 heteroatoms. The molecule has 1 amide bonds. The van der Waals surface area contributed by atoms with Gasteiger partial charge < -0.3 is 5.73 Å². The predicted octanol–water partition coefficient (Wildman–Crippen LogP) is 3.19. The van der Waals surface area contributed by atoms with Crippen LogP contribution in [-0.4, -0.2) is 14.3 Å². The number of nitrogens with one attached hydrogen (secondary N) is 1. The molecule has 0 atom stereocenters. The molecule has 0 bridgehead atoms. The lowest BCUT2D eigenvalue weighted by Gasteiger charge is -2.21. The van der Waals surface area contributed by atoms with Crippen molar-refractivity contribution >= 4 is 21.6 Å². The third kappa shape index (κ3) is 3.94. The van der Waals surface area contributed by atoms with Crippen molar-refractivity contribution in [3.8, 4) is 0 Å². The Bertz CT molecular complexity index is 881. The summed E-state index contributed by atoms with van der Waals surface area (Å²) < 4.78 is 28.0. The molecular weight excluding hydrogens is 324 g/mol. The van der Waals surface area contributed by atoms with Gasteiger partial charge in [-0.15, -0.1) is 0 Å². The monoisotopic (exact) mass is 346 g/mol. The Balaban J connectivity index is 2.44. The number of anilines is 1. The zero-order chi connectivity index (χ0) is 18.1. The standard InChI is InChI=1S/C18H22N2O3S/c1-12-8-9-14(18(2,3)4)11-16(12)24(22,23)20-15-7-5-6-13(10-15)17(19)21/h5-11,20H,1-4H3,(H2,19,21). The van der Waals surface area contributed by atoms with Crippen LogP contribution < -0.4 is 10.5 Å². The highest BCUT2D eigenvalue weighted by Crippen LogP contribution is 2.27. The topological polar surface area (TPSA) is 89.3 Å². The van der Waals surface area contributed by atoms with Crippen LogP contribution in [0, 0.1) is 6.92 Å². The van der Waals surface area contributed by atoms with E-state index in [1.807, 2.05) is 26.8 Å². The number of sulfonamides is 1. The Hall–Kier alpha value is -2.34. The molecule has 128 valence electrons. The van der Waals surface area contributed by atoms with Gasteiger partial charge in [-0.2, -0.15) is 0 Å². The molecule has 0 aliphatic heterocycles. The van der Waals surface area contributed by atoms with Crippen molar-refractivity contribution in [3.05, 3.63) is 59.2 Å². The third-order valence-corrected chi connectivity index (χ3v) is 5.27. The minimum Gasteiger partial charge on any atom is -0.366 e. The molecule has 3 N–H and O–H groups in total. The summed E-state index contributed by atoms with van der Waals surface area (Å²) >= 11 is 0. The van der Waals surface area contributed by atoms with E-state index in [0.29, 0.717) is 11.3 Å². The molecule has 0 aromatic heterocycles. The van der Waals surface area contributed by atoms with Crippen LogP contribution in [0.3, 0.4) is 0 Å². The summed E-state index contributed by atoms with van der Waals surface area (Å²) in [6, 6.07) is 11.5. The van der Waals surface area contributed by atoms with Crippen molar-refractivity contribution < 1.29 is 13.2 Å². The number of carbonyl (C=O) groups excluding carboxylic acids is 1. The van der Waals surface area contributed by atoms with Crippen molar-refractivity contribution in [2.75, 3.05) is 4.72 Å². The van der Waals surface area contributed by atoms with Crippen LogP contribution in [-0.2, 0) is 15.4 Å². The van der Waals surface area contributed by atoms with Crippen LogP contribution in [0.25, 0.3) is 0 Å². The molecular formula is C18H22N2O3S. The highest BCUT2D eigenvalue weighted by Gasteiger charge is 2.21. The van der Waals surface area contributed by atoms with Crippen LogP contribution in [0.4, 0.5) is 5.69 Å². The van der Waals surface area contributed by atoms with E-state index in [1.165, 1.54) is 12.1 Å². The minimum absolute atomic E-state index is 0.163. The molecule has 0 fully saturated rings. The molecule has 0 saturated heterocycles. The van der Waals surface area contributed by atoms with Crippen molar-refractivity contribution in [1.82, 2.24) is 0 Å². The second-order valence-electron chi connectivity index (χ2n) is 6.78. The maximum atomic E-state index is 12.8. The summed E-state index contributed by atoms with van der Waals surface area (Å²) in [7, 11) is -3.77. The van der Waals surface area contributed by atoms with E-state index in [4.69, 9.17) is 5.73 Å². The predicted molar refractivity (Wildman–Crippen MR) is 95.6 cm³/mol. The Kier molecular flexibility index (Phi) is 4.71. The van der Waals surface area contributed by atoms with Crippen LogP contribution in [0.5, 0.6) is 0 Å². The van der Waals surface area contributed by atoms with E-state index in [2.05, 4.69) is 4.72 Å². The highest BCUT2D eigenvalue weighted by molar-refractivity contribution is 7.92. The molecule has 2 rings (SSSR count). The van der Waals surface area contributed by atoms with Crippen LogP contribution in [0.2, 0.25) is 0 Å². The van der Waals surface area contributed by atoms with Gasteiger partial charge in [0, 0.05) is 11.3 Å². The van der Waals surface area contributed by atoms with E-state index in [-0.39, 0.29) is 15.9 Å². The number of carbonyl (C=O) groups is 1. The van der Waals surface area contributed by atoms with E-state index in [9.17, 15) is 13.2 Å². The number of rotatable bonds is 4. The lowest BCUT2D eigenvalue weighted by atomic mass is 9.87. The number of benzene rings is 2. The smallest absolute Gasteiger partial charge is 0.262 e. The summed E-state index contributed by atoms with van der Waals surface area (Å²) in [5.74, 6) is -0.609. The third-order valence-electron chi connectivity index (χ3n) is 3.74. The first kappa shape index (κ1) is 18.0. The van der Waals surface area contributed by atoms with Gasteiger partial charge in [-0.25, -0.2) is 8.42 Å². The maximum absolute atomic E-state index is 12.8. The molecule has 0 aliphatic rings. The van der Waals surface area contributed by atoms with E-state index in [0.717, 1.165) is 5.56 Å². The van der Waals surface area contributed by atoms with E-state index >= 15 is 0 Å². The van der Waals surface area contributed by atoms with Gasteiger partial charge in [-0.3, -0.25) is 9.52 Å². The highest BCUT2D eigenvalue weighted by atomic mass is 32.2. The summed E-state index contributed by atoms with van der Waals surface area (Å²) in [5.41, 5.74) is 7.20. The van der Waals surface area contributed by atoms with Gasteiger partial charge in [0.15, 0.2) is 0 Å². The first-order valence-electron chi connectivity index (χ1n) is 7.54. The number of hydrogen-bond donors (Lipinski definition) is 2. The van der Waals surface area contributed by atoms with Crippen molar-refractivity contribution in [1.29, 1.82) is 0 Å². The molecule has 0 heterocycles. The number of hydrogen-bond acceptors (Lipinski definition) is 3. The number of nitrogens with two attached hydrogens (primary N) is 1. The van der Waals surface area contributed by atoms with Crippen LogP contribution in [0.1, 0.15) is 42.3 Å². The van der Waals surface area contributed by atoms with Gasteiger partial charge in [0.2, 0.25) is 5.91 Å². The van der Waals surface area contributed by atoms with Gasteiger partial charge in [0.05, 0.1) is 4.90 Å². The van der Waals surface area contributed by atoms with Gasteiger partial charge in [-0.05, 0) is 47.7 Å². The number of primary amides is 1. The van der Waals surface area contributed by atoms with Gasteiger partial charge in [0.1, 0.15) is 0 Å². The second-order valence-corrected chi connectivity index (χ2v) is 8.43. The number of amides is 1. The van der Waals surface area contributed by atoms with Crippen molar-refractivity contribution in [2.45, 2.75) is 38.0 Å². The lowest BCUT2D eigenvalue weighted by molar-refractivity contribution is 0.100. The molecule has 24 heavy (non-hydrogen) atoms. The molecule has 0 unspecified atom stereocenters. The van der Waals surface area contributed by atoms with Gasteiger partial charge >= 0.3 is 0 Å². The normalized spacial score (nSPS) is 12.0. The number of aryl methyl sites for hydroxylation is 1. The fraction of sp³-hybridized carbons (Fsp3) is 0.278. The average molecular weight is 346 g/mol. The zero-order valence-electron chi connectivity index (χ0n) is 14.3. The van der Waals surface area contributed by atoms with Gasteiger partial charge in [-0.1, -0.05) is 39.0 Å². The summed E-state index contributed by atoms with van der Waals surface area (Å²) in [5, 5.41) is 0. The summed E-state index contributed by atoms with van der Waals surface area (Å²) in [6.45, 7) is 7.83. The fourth-order valence-electron chi connectivity index (χ4n) is 2.30. The van der Waals surface area contributed by atoms with Crippen molar-refractivity contribution in [3.63, 3.8) is 0 Å². The SMILES string of the molecule is Cc1ccc(C(C)(C)C)cc1S(=O)(=O)Nc1cccc(C(N)=O)c1. The molecule has 5 nitrogen and oxygen atoms in total. The molecule has 0 spiro atoms. The molecule has 0 aliphatic carbocycles. The second kappa shape index (κ2) is 6.28. The first-order valence-corrected chi connectivity index (χ1v) is 9.03. The van der Waals surface area contributed by atoms with Crippen LogP contribution >= 0.6 is 0 Å². The Labute approximate surface area is 142 Å². The van der Waals surface area contributed by atoms with Crippen molar-refractivity contribution in [2.24, 2.45) is 5.73 Å². The Morgan fingerprint density at radius 2 is 1.75 bits per heavy atom. The zero-order valence-corrected chi connectivity index (χ0v) is 15.1. The average Bonchev–Trinajstić information content (AvgIpc) is 2.46. The largest absolute Gasteiger partial charge is 0.366 e. The molecule has 2 aromatic rings. The van der Waals surface area contributed by atoms with E-state index in [1.54, 1.807) is 31.2 Å². The van der Waals surface area contributed by atoms with E-state index < -0.39 is 15.9 Å². The molecule has 0 saturated carbocycles. The summed E-state index contributed by atoms with van der Waals surface area (Å²) in [6.07, 6.45) is 0.